The summed E-state index contributed by atoms with van der Waals surface area (Å²) in [7, 11) is 0. The smallest absolute Gasteiger partial charge is 0.253 e. The van der Waals surface area contributed by atoms with Gasteiger partial charge in [-0.2, -0.15) is 5.10 Å². The van der Waals surface area contributed by atoms with Gasteiger partial charge in [-0.15, -0.1) is 21.5 Å². The lowest BCUT2D eigenvalue weighted by molar-refractivity contribution is 0.0933. The summed E-state index contributed by atoms with van der Waals surface area (Å²) in [5.74, 6) is 1.84. The van der Waals surface area contributed by atoms with E-state index in [1.807, 2.05) is 48.2 Å². The van der Waals surface area contributed by atoms with Crippen LogP contribution in [0.15, 0.2) is 36.9 Å². The number of carbonyl (C=O) groups excluding carboxylic acids is 1. The summed E-state index contributed by atoms with van der Waals surface area (Å²) in [6.45, 7) is 7.82. The zero-order valence-electron chi connectivity index (χ0n) is 18.7. The van der Waals surface area contributed by atoms with Crippen molar-refractivity contribution in [2.45, 2.75) is 40.2 Å². The highest BCUT2D eigenvalue weighted by atomic mass is 32.1. The number of H-pyrrole nitrogens is 1. The van der Waals surface area contributed by atoms with Gasteiger partial charge in [-0.3, -0.25) is 18.9 Å². The molecule has 5 rings (SSSR count). The van der Waals surface area contributed by atoms with Crippen molar-refractivity contribution >= 4 is 22.9 Å². The number of aryl methyl sites for hydroxylation is 3. The molecule has 0 aliphatic rings. The maximum atomic E-state index is 13.4. The van der Waals surface area contributed by atoms with Crippen LogP contribution in [0.1, 0.15) is 53.5 Å². The molecule has 170 valence electrons. The zero-order valence-corrected chi connectivity index (χ0v) is 19.5. The van der Waals surface area contributed by atoms with E-state index in [9.17, 15) is 4.79 Å². The van der Waals surface area contributed by atoms with Crippen molar-refractivity contribution in [2.24, 2.45) is 0 Å². The predicted octanol–water partition coefficient (Wildman–Crippen LogP) is 3.81. The Kier molecular flexibility index (Phi) is 5.25. The number of imidazole rings is 1. The van der Waals surface area contributed by atoms with E-state index in [-0.39, 0.29) is 13.4 Å². The number of carbonyl (C=O) groups is 1. The first-order chi connectivity index (χ1) is 16.0. The molecule has 11 heteroatoms. The van der Waals surface area contributed by atoms with E-state index in [0.717, 1.165) is 33.6 Å². The van der Waals surface area contributed by atoms with Crippen molar-refractivity contribution in [2.75, 3.05) is 0 Å². The first-order valence-electron chi connectivity index (χ1n) is 10.6. The van der Waals surface area contributed by atoms with Crippen molar-refractivity contribution < 1.29 is 6.22 Å². The highest BCUT2D eigenvalue weighted by molar-refractivity contribution is 7.15. The number of rotatable bonds is 6. The van der Waals surface area contributed by atoms with E-state index < -0.39 is 0 Å². The lowest BCUT2D eigenvalue weighted by Gasteiger charge is -2.16. The molecular formula is C22H25N9OS. The SMILES string of the molecule is CC[C@H](NC(=O)c1cc(-n2c(C)nnc2C)c2ncc(-c3ccc(C)s3)n2c1)c1ncn[nH]1.[HH]. The number of thiophene rings is 1. The third-order valence-corrected chi connectivity index (χ3v) is 6.57. The van der Waals surface area contributed by atoms with Gasteiger partial charge in [0.05, 0.1) is 34.1 Å². The number of hydrogen-bond acceptors (Lipinski definition) is 7. The van der Waals surface area contributed by atoms with Gasteiger partial charge in [0.1, 0.15) is 23.8 Å². The summed E-state index contributed by atoms with van der Waals surface area (Å²) < 4.78 is 3.88. The van der Waals surface area contributed by atoms with Gasteiger partial charge < -0.3 is 5.32 Å². The molecular weight excluding hydrogens is 438 g/mol. The molecule has 0 aliphatic heterocycles. The van der Waals surface area contributed by atoms with Crippen LogP contribution in [0.4, 0.5) is 0 Å². The lowest BCUT2D eigenvalue weighted by atomic mass is 10.1. The Labute approximate surface area is 195 Å². The standard InChI is InChI=1S/C22H23N9OS.H2/c1-5-16(20-24-11-25-29-20)26-22(32)15-8-17(31-13(3)27-28-14(31)4)21-23-9-18(30(21)10-15)19-7-6-12(2)33-19;/h6-11,16H,5H2,1-4H3,(H,26,32)(H,24,25,29);1H/t16-;/m0./s1. The van der Waals surface area contributed by atoms with Crippen LogP contribution in [0.3, 0.4) is 0 Å². The molecule has 0 saturated heterocycles. The zero-order chi connectivity index (χ0) is 23.1. The topological polar surface area (TPSA) is 119 Å². The summed E-state index contributed by atoms with van der Waals surface area (Å²) in [5.41, 5.74) is 2.89. The fraction of sp³-hybridized carbons (Fsp3) is 0.273. The molecule has 0 radical (unpaired) electrons. The summed E-state index contributed by atoms with van der Waals surface area (Å²) in [6, 6.07) is 5.70. The van der Waals surface area contributed by atoms with Crippen molar-refractivity contribution in [3.05, 3.63) is 64.8 Å². The Morgan fingerprint density at radius 1 is 1.21 bits per heavy atom. The average Bonchev–Trinajstić information content (AvgIpc) is 3.59. The molecule has 0 aromatic carbocycles. The van der Waals surface area contributed by atoms with Crippen LogP contribution >= 0.6 is 11.3 Å². The maximum Gasteiger partial charge on any atom is 0.253 e. The second kappa shape index (κ2) is 8.24. The van der Waals surface area contributed by atoms with Crippen LogP contribution in [0.5, 0.6) is 0 Å². The van der Waals surface area contributed by atoms with E-state index in [1.54, 1.807) is 11.3 Å². The molecule has 10 nitrogen and oxygen atoms in total. The fourth-order valence-corrected chi connectivity index (χ4v) is 4.79. The van der Waals surface area contributed by atoms with Crippen LogP contribution in [0.2, 0.25) is 0 Å². The molecule has 0 spiro atoms. The molecule has 1 atom stereocenters. The van der Waals surface area contributed by atoms with E-state index in [2.05, 4.69) is 49.8 Å². The predicted molar refractivity (Wildman–Crippen MR) is 127 cm³/mol. The molecule has 33 heavy (non-hydrogen) atoms. The largest absolute Gasteiger partial charge is 0.342 e. The van der Waals surface area contributed by atoms with Gasteiger partial charge in [-0.25, -0.2) is 9.97 Å². The monoisotopic (exact) mass is 463 g/mol. The normalized spacial score (nSPS) is 12.4. The van der Waals surface area contributed by atoms with E-state index in [0.29, 0.717) is 17.8 Å². The number of aromatic amines is 1. The minimum atomic E-state index is -0.278. The van der Waals surface area contributed by atoms with Crippen molar-refractivity contribution in [1.82, 2.24) is 44.6 Å². The summed E-state index contributed by atoms with van der Waals surface area (Å²) in [5, 5.41) is 18.2. The van der Waals surface area contributed by atoms with E-state index in [1.165, 1.54) is 11.2 Å². The van der Waals surface area contributed by atoms with Crippen molar-refractivity contribution in [1.29, 1.82) is 0 Å². The first-order valence-corrected chi connectivity index (χ1v) is 11.4. The Morgan fingerprint density at radius 2 is 2.00 bits per heavy atom. The van der Waals surface area contributed by atoms with Gasteiger partial charge in [0.2, 0.25) is 0 Å². The van der Waals surface area contributed by atoms with E-state index in [4.69, 9.17) is 4.98 Å². The summed E-state index contributed by atoms with van der Waals surface area (Å²) >= 11 is 1.68. The van der Waals surface area contributed by atoms with Crippen LogP contribution < -0.4 is 5.32 Å². The Hall–Kier alpha value is -3.86. The molecule has 5 aromatic heterocycles. The third kappa shape index (κ3) is 3.69. The molecule has 0 saturated carbocycles. The summed E-state index contributed by atoms with van der Waals surface area (Å²) in [4.78, 5) is 24.6. The van der Waals surface area contributed by atoms with Gasteiger partial charge in [0.15, 0.2) is 5.65 Å². The van der Waals surface area contributed by atoms with Gasteiger partial charge in [0.25, 0.3) is 5.91 Å². The Balaban J connectivity index is 0.00000274. The first kappa shape index (κ1) is 21.0. The molecule has 0 unspecified atom stereocenters. The quantitative estimate of drug-likeness (QED) is 0.395. The molecule has 5 aromatic rings. The Bertz CT molecular complexity index is 1430. The Morgan fingerprint density at radius 3 is 2.64 bits per heavy atom. The van der Waals surface area contributed by atoms with Crippen LogP contribution in [-0.4, -0.2) is 45.2 Å². The van der Waals surface area contributed by atoms with Gasteiger partial charge in [-0.05, 0) is 45.4 Å². The number of aromatic nitrogens is 8. The van der Waals surface area contributed by atoms with Crippen LogP contribution in [0, 0.1) is 20.8 Å². The van der Waals surface area contributed by atoms with Gasteiger partial charge in [0, 0.05) is 12.5 Å². The summed E-state index contributed by atoms with van der Waals surface area (Å²) in [6.07, 6.45) is 5.77. The molecule has 0 fully saturated rings. The molecule has 2 N–H and O–H groups in total. The average molecular weight is 464 g/mol. The highest BCUT2D eigenvalue weighted by Crippen LogP contribution is 2.31. The number of pyridine rings is 1. The third-order valence-electron chi connectivity index (χ3n) is 5.55. The highest BCUT2D eigenvalue weighted by Gasteiger charge is 2.21. The van der Waals surface area contributed by atoms with Crippen LogP contribution in [-0.2, 0) is 0 Å². The second-order valence-electron chi connectivity index (χ2n) is 7.80. The van der Waals surface area contributed by atoms with E-state index >= 15 is 0 Å². The van der Waals surface area contributed by atoms with Gasteiger partial charge >= 0.3 is 0 Å². The molecule has 5 heterocycles. The fourth-order valence-electron chi connectivity index (χ4n) is 3.92. The van der Waals surface area contributed by atoms with Crippen LogP contribution in [0.25, 0.3) is 21.9 Å². The number of nitrogens with one attached hydrogen (secondary N) is 2. The van der Waals surface area contributed by atoms with Crippen molar-refractivity contribution in [3.63, 3.8) is 0 Å². The number of hydrogen-bond donors (Lipinski definition) is 2. The van der Waals surface area contributed by atoms with Crippen molar-refractivity contribution in [3.8, 4) is 16.3 Å². The minimum absolute atomic E-state index is 0. The lowest BCUT2D eigenvalue weighted by Crippen LogP contribution is -2.29. The molecule has 0 bridgehead atoms. The van der Waals surface area contributed by atoms with Gasteiger partial charge in [-0.1, -0.05) is 6.92 Å². The number of nitrogens with zero attached hydrogens (tertiary/aromatic N) is 7. The molecule has 1 amide bonds. The number of amides is 1. The molecule has 0 aliphatic carbocycles. The minimum Gasteiger partial charge on any atom is -0.342 e. The maximum absolute atomic E-state index is 13.4. The second-order valence-corrected chi connectivity index (χ2v) is 9.08. The number of fused-ring (bicyclic) bond motifs is 1.